The number of hydrogen-bond acceptors (Lipinski definition) is 8. The maximum absolute atomic E-state index is 15.2. The van der Waals surface area contributed by atoms with Crippen molar-refractivity contribution in [2.75, 3.05) is 52.4 Å². The molecule has 2 aliphatic carbocycles. The van der Waals surface area contributed by atoms with Crippen LogP contribution in [0.25, 0.3) is 0 Å². The first-order chi connectivity index (χ1) is 18.6. The van der Waals surface area contributed by atoms with Crippen molar-refractivity contribution in [3.05, 3.63) is 0 Å². The molecule has 0 bridgehead atoms. The third-order valence-corrected chi connectivity index (χ3v) is 8.64. The predicted octanol–water partition coefficient (Wildman–Crippen LogP) is 2.97. The van der Waals surface area contributed by atoms with Gasteiger partial charge in [0.1, 0.15) is 24.2 Å². The zero-order chi connectivity index (χ0) is 28.4. The molecule has 3 fully saturated rings. The maximum atomic E-state index is 15.2. The largest absolute Gasteiger partial charge is 0.459 e. The lowest BCUT2D eigenvalue weighted by Crippen LogP contribution is -2.64. The summed E-state index contributed by atoms with van der Waals surface area (Å²) < 4.78 is 41.6. The van der Waals surface area contributed by atoms with E-state index in [0.29, 0.717) is 38.1 Å². The molecule has 0 aromatic rings. The number of rotatable bonds is 13. The molecule has 3 aliphatic rings. The minimum atomic E-state index is -1.52. The Balaban J connectivity index is 1.30. The summed E-state index contributed by atoms with van der Waals surface area (Å²) in [5.41, 5.74) is -0.556. The van der Waals surface area contributed by atoms with Gasteiger partial charge in [0, 0.05) is 38.1 Å². The van der Waals surface area contributed by atoms with Crippen LogP contribution >= 0.6 is 0 Å². The number of carbonyl (C=O) groups excluding carboxylic acids is 1. The normalized spacial score (nSPS) is 34.3. The third-order valence-electron chi connectivity index (χ3n) is 8.64. The Bertz CT molecular complexity index is 708. The van der Waals surface area contributed by atoms with Crippen LogP contribution in [0.15, 0.2) is 0 Å². The molecule has 4 atom stereocenters. The molecule has 39 heavy (non-hydrogen) atoms. The molecule has 4 unspecified atom stereocenters. The average Bonchev–Trinajstić information content (AvgIpc) is 2.90. The van der Waals surface area contributed by atoms with E-state index >= 15 is 8.78 Å². The lowest BCUT2D eigenvalue weighted by Gasteiger charge is -2.43. The summed E-state index contributed by atoms with van der Waals surface area (Å²) >= 11 is 0. The Labute approximate surface area is 235 Å². The molecule has 0 amide bonds. The fourth-order valence-corrected chi connectivity index (χ4v) is 6.29. The number of alkyl halides is 2. The van der Waals surface area contributed by atoms with Crippen molar-refractivity contribution in [3.63, 3.8) is 0 Å². The van der Waals surface area contributed by atoms with E-state index in [1.807, 2.05) is 0 Å². The minimum absolute atomic E-state index is 0.000914. The quantitative estimate of drug-likeness (QED) is 0.256. The Hall–Kier alpha value is -0.910. The van der Waals surface area contributed by atoms with Crippen LogP contribution in [0.5, 0.6) is 0 Å². The highest BCUT2D eigenvalue weighted by molar-refractivity contribution is 5.72. The van der Waals surface area contributed by atoms with Crippen LogP contribution in [-0.4, -0.2) is 99.7 Å². The Morgan fingerprint density at radius 3 is 2.26 bits per heavy atom. The highest BCUT2D eigenvalue weighted by Crippen LogP contribution is 2.38. The number of halogens is 2. The van der Waals surface area contributed by atoms with Crippen molar-refractivity contribution in [3.8, 4) is 0 Å². The first-order valence-corrected chi connectivity index (χ1v) is 15.4. The Morgan fingerprint density at radius 2 is 1.64 bits per heavy atom. The summed E-state index contributed by atoms with van der Waals surface area (Å²) in [6.07, 6.45) is 2.94. The molecule has 10 heteroatoms. The summed E-state index contributed by atoms with van der Waals surface area (Å²) in [4.78, 5) is 14.3. The van der Waals surface area contributed by atoms with Crippen LogP contribution in [0.2, 0.25) is 0 Å². The molecule has 1 aliphatic heterocycles. The second kappa shape index (κ2) is 15.9. The van der Waals surface area contributed by atoms with E-state index in [-0.39, 0.29) is 37.2 Å². The Kier molecular flexibility index (Phi) is 13.3. The molecule has 1 heterocycles. The van der Waals surface area contributed by atoms with Gasteiger partial charge in [-0.25, -0.2) is 8.78 Å². The molecule has 0 radical (unpaired) electrons. The van der Waals surface area contributed by atoms with Crippen LogP contribution in [0.3, 0.4) is 0 Å². The fraction of sp³-hybridized carbons (Fsp3) is 0.966. The van der Waals surface area contributed by atoms with Crippen LogP contribution in [-0.2, 0) is 14.3 Å². The molecule has 0 aromatic heterocycles. The topological polar surface area (TPSA) is 86.9 Å². The fourth-order valence-electron chi connectivity index (χ4n) is 6.29. The maximum Gasteiger partial charge on any atom is 0.320 e. The molecular formula is C29H55F2N5O3. The number of nitrogens with zero attached hydrogens (tertiary/aromatic N) is 1. The van der Waals surface area contributed by atoms with Gasteiger partial charge < -0.3 is 19.7 Å². The highest BCUT2D eigenvalue weighted by Gasteiger charge is 2.44. The first kappa shape index (κ1) is 32.6. The first-order valence-electron chi connectivity index (χ1n) is 15.4. The van der Waals surface area contributed by atoms with Gasteiger partial charge in [-0.2, -0.15) is 0 Å². The number of carbonyl (C=O) groups is 1. The number of esters is 1. The molecular weight excluding hydrogens is 504 g/mol. The van der Waals surface area contributed by atoms with Gasteiger partial charge in [-0.3, -0.25) is 20.7 Å². The summed E-state index contributed by atoms with van der Waals surface area (Å²) in [5.74, 6) is -1.04. The van der Waals surface area contributed by atoms with Crippen LogP contribution < -0.4 is 21.3 Å². The zero-order valence-corrected chi connectivity index (χ0v) is 24.9. The monoisotopic (exact) mass is 559 g/mol. The van der Waals surface area contributed by atoms with Crippen LogP contribution in [0.4, 0.5) is 8.78 Å². The van der Waals surface area contributed by atoms with Crippen molar-refractivity contribution in [2.45, 2.75) is 110 Å². The molecule has 0 aromatic carbocycles. The number of hydrogen-bond donors (Lipinski definition) is 4. The molecule has 3 rings (SSSR count). The molecule has 1 saturated heterocycles. The summed E-state index contributed by atoms with van der Waals surface area (Å²) in [6, 6.07) is 0.432. The Morgan fingerprint density at radius 1 is 0.974 bits per heavy atom. The average molecular weight is 560 g/mol. The summed E-state index contributed by atoms with van der Waals surface area (Å²) in [6.45, 7) is 15.4. The second-order valence-corrected chi connectivity index (χ2v) is 12.7. The van der Waals surface area contributed by atoms with E-state index in [0.717, 1.165) is 51.9 Å². The van der Waals surface area contributed by atoms with E-state index < -0.39 is 23.9 Å². The van der Waals surface area contributed by atoms with Gasteiger partial charge in [0.2, 0.25) is 0 Å². The molecule has 8 nitrogen and oxygen atoms in total. The number of ether oxygens (including phenoxy) is 2. The van der Waals surface area contributed by atoms with E-state index in [1.54, 1.807) is 20.8 Å². The molecule has 2 saturated carbocycles. The summed E-state index contributed by atoms with van der Waals surface area (Å²) in [7, 11) is 0. The van der Waals surface area contributed by atoms with E-state index in [1.165, 1.54) is 0 Å². The van der Waals surface area contributed by atoms with Crippen molar-refractivity contribution in [2.24, 2.45) is 17.8 Å². The van der Waals surface area contributed by atoms with E-state index in [2.05, 4.69) is 40.0 Å². The number of likely N-dealkylation sites (N-methyl/N-ethyl adjacent to an activating group) is 1. The molecule has 228 valence electrons. The van der Waals surface area contributed by atoms with Crippen LogP contribution in [0, 0.1) is 17.8 Å². The predicted molar refractivity (Wildman–Crippen MR) is 151 cm³/mol. The van der Waals surface area contributed by atoms with Gasteiger partial charge in [0.15, 0.2) is 0 Å². The van der Waals surface area contributed by atoms with Crippen molar-refractivity contribution in [1.82, 2.24) is 26.2 Å². The second-order valence-electron chi connectivity index (χ2n) is 12.7. The van der Waals surface area contributed by atoms with Gasteiger partial charge in [0.25, 0.3) is 0 Å². The highest BCUT2D eigenvalue weighted by atomic mass is 19.2. The zero-order valence-electron chi connectivity index (χ0n) is 24.9. The van der Waals surface area contributed by atoms with Gasteiger partial charge in [-0.05, 0) is 84.2 Å². The third kappa shape index (κ3) is 10.8. The van der Waals surface area contributed by atoms with Gasteiger partial charge in [0.05, 0.1) is 19.3 Å². The van der Waals surface area contributed by atoms with Crippen molar-refractivity contribution < 1.29 is 23.0 Å². The smallest absolute Gasteiger partial charge is 0.320 e. The van der Waals surface area contributed by atoms with E-state index in [9.17, 15) is 4.79 Å². The lowest BCUT2D eigenvalue weighted by molar-refractivity contribution is -0.153. The summed E-state index contributed by atoms with van der Waals surface area (Å²) in [5, 5.41) is 13.6. The van der Waals surface area contributed by atoms with Crippen molar-refractivity contribution >= 4 is 5.97 Å². The van der Waals surface area contributed by atoms with Gasteiger partial charge in [-0.1, -0.05) is 13.8 Å². The minimum Gasteiger partial charge on any atom is -0.459 e. The number of nitrogens with one attached hydrogen (secondary N) is 4. The molecule has 0 spiro atoms. The van der Waals surface area contributed by atoms with Gasteiger partial charge in [-0.15, -0.1) is 0 Å². The van der Waals surface area contributed by atoms with Gasteiger partial charge >= 0.3 is 5.97 Å². The van der Waals surface area contributed by atoms with Crippen molar-refractivity contribution in [1.29, 1.82) is 0 Å². The lowest BCUT2D eigenvalue weighted by atomic mass is 9.73. The SMILES string of the molecule is CCN(CC)CCOC1CCC(NC2NCC(C3CCC(CNCC(=O)OC(C)(C)C)C(F)C3F)CN2)CC1. The van der Waals surface area contributed by atoms with E-state index in [4.69, 9.17) is 9.47 Å². The molecule has 4 N–H and O–H groups in total. The van der Waals surface area contributed by atoms with Crippen LogP contribution in [0.1, 0.15) is 73.1 Å². The standard InChI is InChI=1S/C29H55F2N5O3/c1-6-36(7-2)14-15-38-23-11-9-22(10-12-23)35-28-33-17-21(18-34-28)24-13-8-20(26(30)27(24)31)16-32-19-25(37)39-29(3,4)5/h20-24,26-28,32-35H,6-19H2,1-5H3.